The fourth-order valence-corrected chi connectivity index (χ4v) is 3.85. The van der Waals surface area contributed by atoms with E-state index in [1.165, 1.54) is 5.56 Å². The summed E-state index contributed by atoms with van der Waals surface area (Å²) in [6.45, 7) is 0. The van der Waals surface area contributed by atoms with Crippen LogP contribution < -0.4 is 18.9 Å². The Kier molecular flexibility index (Phi) is 5.11. The molecule has 4 nitrogen and oxygen atoms in total. The molecule has 0 fully saturated rings. The van der Waals surface area contributed by atoms with E-state index < -0.39 is 0 Å². The third kappa shape index (κ3) is 3.38. The first kappa shape index (κ1) is 18.2. The van der Waals surface area contributed by atoms with Gasteiger partial charge in [-0.1, -0.05) is 42.5 Å². The predicted molar refractivity (Wildman–Crippen MR) is 109 cm³/mol. The van der Waals surface area contributed by atoms with Gasteiger partial charge in [-0.3, -0.25) is 0 Å². The molecule has 0 amide bonds. The molecule has 0 unspecified atom stereocenters. The SMILES string of the molecule is COc1ccc([C@@H]2C[C@H](c3ccccc3)Oc3cc(OC)cc(OC)c32)cc1. The highest BCUT2D eigenvalue weighted by Gasteiger charge is 2.33. The van der Waals surface area contributed by atoms with Crippen molar-refractivity contribution < 1.29 is 18.9 Å². The van der Waals surface area contributed by atoms with Gasteiger partial charge in [0.2, 0.25) is 0 Å². The summed E-state index contributed by atoms with van der Waals surface area (Å²) < 4.78 is 22.9. The summed E-state index contributed by atoms with van der Waals surface area (Å²) in [4.78, 5) is 0. The van der Waals surface area contributed by atoms with Crippen molar-refractivity contribution >= 4 is 0 Å². The van der Waals surface area contributed by atoms with Gasteiger partial charge in [-0.25, -0.2) is 0 Å². The molecule has 4 heteroatoms. The van der Waals surface area contributed by atoms with E-state index in [2.05, 4.69) is 24.3 Å². The van der Waals surface area contributed by atoms with E-state index in [9.17, 15) is 0 Å². The molecule has 1 aliphatic heterocycles. The molecule has 3 aromatic carbocycles. The van der Waals surface area contributed by atoms with E-state index >= 15 is 0 Å². The highest BCUT2D eigenvalue weighted by atomic mass is 16.5. The molecule has 2 atom stereocenters. The number of methoxy groups -OCH3 is 3. The Hall–Kier alpha value is -3.14. The highest BCUT2D eigenvalue weighted by Crippen LogP contribution is 2.50. The zero-order valence-corrected chi connectivity index (χ0v) is 16.3. The Bertz CT molecular complexity index is 935. The largest absolute Gasteiger partial charge is 0.497 e. The van der Waals surface area contributed by atoms with Gasteiger partial charge in [0.15, 0.2) is 0 Å². The highest BCUT2D eigenvalue weighted by molar-refractivity contribution is 5.57. The summed E-state index contributed by atoms with van der Waals surface area (Å²) in [5, 5.41) is 0. The van der Waals surface area contributed by atoms with Crippen LogP contribution in [0.25, 0.3) is 0 Å². The average molecular weight is 376 g/mol. The minimum atomic E-state index is -0.0439. The van der Waals surface area contributed by atoms with Gasteiger partial charge in [0.05, 0.1) is 21.3 Å². The minimum absolute atomic E-state index is 0.0439. The van der Waals surface area contributed by atoms with Gasteiger partial charge in [0.1, 0.15) is 29.1 Å². The van der Waals surface area contributed by atoms with Crippen molar-refractivity contribution in [1.82, 2.24) is 0 Å². The van der Waals surface area contributed by atoms with Gasteiger partial charge in [-0.2, -0.15) is 0 Å². The molecular formula is C24H24O4. The monoisotopic (exact) mass is 376 g/mol. The van der Waals surface area contributed by atoms with Gasteiger partial charge in [0.25, 0.3) is 0 Å². The molecule has 0 aromatic heterocycles. The summed E-state index contributed by atoms with van der Waals surface area (Å²) in [5.41, 5.74) is 3.42. The number of benzene rings is 3. The Balaban J connectivity index is 1.83. The number of rotatable bonds is 5. The molecule has 144 valence electrons. The van der Waals surface area contributed by atoms with E-state index in [0.717, 1.165) is 40.5 Å². The lowest BCUT2D eigenvalue weighted by Gasteiger charge is -2.34. The van der Waals surface area contributed by atoms with Crippen molar-refractivity contribution in [3.05, 3.63) is 83.4 Å². The van der Waals surface area contributed by atoms with Crippen LogP contribution in [0.3, 0.4) is 0 Å². The average Bonchev–Trinajstić information content (AvgIpc) is 2.78. The molecule has 28 heavy (non-hydrogen) atoms. The second kappa shape index (κ2) is 7.85. The van der Waals surface area contributed by atoms with Crippen LogP contribution in [0.2, 0.25) is 0 Å². The molecule has 0 radical (unpaired) electrons. The van der Waals surface area contributed by atoms with Crippen molar-refractivity contribution in [2.75, 3.05) is 21.3 Å². The van der Waals surface area contributed by atoms with Crippen LogP contribution in [0.1, 0.15) is 35.1 Å². The van der Waals surface area contributed by atoms with Gasteiger partial charge in [-0.15, -0.1) is 0 Å². The zero-order chi connectivity index (χ0) is 19.5. The number of hydrogen-bond acceptors (Lipinski definition) is 4. The third-order valence-electron chi connectivity index (χ3n) is 5.29. The van der Waals surface area contributed by atoms with Crippen LogP contribution in [0.4, 0.5) is 0 Å². The van der Waals surface area contributed by atoms with Gasteiger partial charge >= 0.3 is 0 Å². The minimum Gasteiger partial charge on any atom is -0.497 e. The van der Waals surface area contributed by atoms with Gasteiger partial charge in [0, 0.05) is 23.6 Å². The Morgan fingerprint density at radius 1 is 0.750 bits per heavy atom. The second-order valence-corrected chi connectivity index (χ2v) is 6.82. The summed E-state index contributed by atoms with van der Waals surface area (Å²) in [6.07, 6.45) is 0.782. The Morgan fingerprint density at radius 2 is 1.46 bits per heavy atom. The summed E-state index contributed by atoms with van der Waals surface area (Å²) in [5.74, 6) is 3.29. The van der Waals surface area contributed by atoms with E-state index in [4.69, 9.17) is 18.9 Å². The Morgan fingerprint density at radius 3 is 2.11 bits per heavy atom. The van der Waals surface area contributed by atoms with Crippen LogP contribution in [0.15, 0.2) is 66.7 Å². The van der Waals surface area contributed by atoms with Gasteiger partial charge < -0.3 is 18.9 Å². The number of fused-ring (bicyclic) bond motifs is 1. The molecule has 1 aliphatic rings. The van der Waals surface area contributed by atoms with Crippen molar-refractivity contribution in [2.45, 2.75) is 18.4 Å². The first-order valence-corrected chi connectivity index (χ1v) is 9.35. The van der Waals surface area contributed by atoms with E-state index in [0.29, 0.717) is 0 Å². The molecule has 0 saturated heterocycles. The normalized spacial score (nSPS) is 18.0. The van der Waals surface area contributed by atoms with E-state index in [-0.39, 0.29) is 12.0 Å². The molecule has 3 aromatic rings. The lowest BCUT2D eigenvalue weighted by Crippen LogP contribution is -2.21. The van der Waals surface area contributed by atoms with Crippen LogP contribution in [-0.2, 0) is 0 Å². The second-order valence-electron chi connectivity index (χ2n) is 6.82. The predicted octanol–water partition coefficient (Wildman–Crippen LogP) is 5.37. The first-order chi connectivity index (χ1) is 13.7. The molecule has 4 rings (SSSR count). The van der Waals surface area contributed by atoms with Crippen molar-refractivity contribution in [3.63, 3.8) is 0 Å². The standard InChI is InChI=1S/C24H24O4/c1-25-18-11-9-16(10-12-18)20-15-21(17-7-5-4-6-8-17)28-23-14-19(26-2)13-22(27-3)24(20)23/h4-14,20-21H,15H2,1-3H3/t20-,21+/m0/s1. The number of hydrogen-bond donors (Lipinski definition) is 0. The summed E-state index contributed by atoms with van der Waals surface area (Å²) >= 11 is 0. The maximum atomic E-state index is 6.41. The smallest absolute Gasteiger partial charge is 0.131 e. The molecular weight excluding hydrogens is 352 g/mol. The maximum absolute atomic E-state index is 6.41. The number of ether oxygens (including phenoxy) is 4. The van der Waals surface area contributed by atoms with Crippen LogP contribution in [-0.4, -0.2) is 21.3 Å². The van der Waals surface area contributed by atoms with Crippen molar-refractivity contribution in [1.29, 1.82) is 0 Å². The molecule has 0 spiro atoms. The molecule has 0 N–H and O–H groups in total. The quantitative estimate of drug-likeness (QED) is 0.600. The van der Waals surface area contributed by atoms with E-state index in [1.54, 1.807) is 21.3 Å². The fourth-order valence-electron chi connectivity index (χ4n) is 3.85. The maximum Gasteiger partial charge on any atom is 0.131 e. The van der Waals surface area contributed by atoms with E-state index in [1.807, 2.05) is 42.5 Å². The topological polar surface area (TPSA) is 36.9 Å². The third-order valence-corrected chi connectivity index (χ3v) is 5.29. The summed E-state index contributed by atoms with van der Waals surface area (Å²) in [7, 11) is 5.02. The van der Waals surface area contributed by atoms with Crippen LogP contribution >= 0.6 is 0 Å². The van der Waals surface area contributed by atoms with Crippen molar-refractivity contribution in [2.24, 2.45) is 0 Å². The lowest BCUT2D eigenvalue weighted by molar-refractivity contribution is 0.164. The fraction of sp³-hybridized carbons (Fsp3) is 0.250. The van der Waals surface area contributed by atoms with Crippen LogP contribution in [0, 0.1) is 0 Å². The van der Waals surface area contributed by atoms with Crippen molar-refractivity contribution in [3.8, 4) is 23.0 Å². The molecule has 0 bridgehead atoms. The molecule has 1 heterocycles. The summed E-state index contributed by atoms with van der Waals surface area (Å²) in [6, 6.07) is 22.4. The Labute approximate surface area is 165 Å². The van der Waals surface area contributed by atoms with Gasteiger partial charge in [-0.05, 0) is 29.7 Å². The molecule has 0 saturated carbocycles. The zero-order valence-electron chi connectivity index (χ0n) is 16.3. The first-order valence-electron chi connectivity index (χ1n) is 9.35. The molecule has 0 aliphatic carbocycles. The lowest BCUT2D eigenvalue weighted by atomic mass is 9.82. The van der Waals surface area contributed by atoms with Crippen LogP contribution in [0.5, 0.6) is 23.0 Å².